The Morgan fingerprint density at radius 3 is 3.27 bits per heavy atom. The molecule has 15 heavy (non-hydrogen) atoms. The topological polar surface area (TPSA) is 75.1 Å². The van der Waals surface area contributed by atoms with Crippen LogP contribution in [-0.2, 0) is 0 Å². The number of hydrogen-bond donors (Lipinski definition) is 2. The lowest BCUT2D eigenvalue weighted by Crippen LogP contribution is -2.14. The van der Waals surface area contributed by atoms with E-state index in [2.05, 4.69) is 26.4 Å². The predicted molar refractivity (Wildman–Crippen MR) is 55.5 cm³/mol. The van der Waals surface area contributed by atoms with Gasteiger partial charge in [-0.15, -0.1) is 6.42 Å². The molecule has 0 aliphatic heterocycles. The van der Waals surface area contributed by atoms with Crippen molar-refractivity contribution >= 4 is 11.5 Å². The third-order valence-electron chi connectivity index (χ3n) is 1.92. The van der Waals surface area contributed by atoms with E-state index in [1.54, 1.807) is 6.07 Å². The molecule has 0 aliphatic carbocycles. The van der Waals surface area contributed by atoms with Crippen LogP contribution in [0.3, 0.4) is 0 Å². The Hall–Kier alpha value is -2.29. The van der Waals surface area contributed by atoms with Gasteiger partial charge >= 0.3 is 5.69 Å². The summed E-state index contributed by atoms with van der Waals surface area (Å²) < 4.78 is 1.31. The van der Waals surface area contributed by atoms with Crippen LogP contribution in [0.5, 0.6) is 0 Å². The molecular weight excluding hydrogens is 194 g/mol. The van der Waals surface area contributed by atoms with Crippen LogP contribution < -0.4 is 11.0 Å². The second-order valence-corrected chi connectivity index (χ2v) is 3.06. The summed E-state index contributed by atoms with van der Waals surface area (Å²) in [6.07, 6.45) is 6.61. The normalized spacial score (nSPS) is 12.3. The maximum absolute atomic E-state index is 11.1. The Morgan fingerprint density at radius 2 is 2.53 bits per heavy atom. The van der Waals surface area contributed by atoms with Gasteiger partial charge in [-0.05, 0) is 6.92 Å². The highest BCUT2D eigenvalue weighted by atomic mass is 16.1. The van der Waals surface area contributed by atoms with Gasteiger partial charge in [0.2, 0.25) is 0 Å². The van der Waals surface area contributed by atoms with Crippen LogP contribution in [0, 0.1) is 12.3 Å². The minimum atomic E-state index is -0.311. The fraction of sp³-hybridized carbons (Fsp3) is 0.222. The molecule has 0 amide bonds. The van der Waals surface area contributed by atoms with Crippen LogP contribution in [0.15, 0.2) is 17.2 Å². The molecule has 0 saturated heterocycles. The predicted octanol–water partition coefficient (Wildman–Crippen LogP) is -0.149. The maximum atomic E-state index is 11.1. The first-order valence-corrected chi connectivity index (χ1v) is 4.36. The molecule has 6 nitrogen and oxygen atoms in total. The monoisotopic (exact) mass is 203 g/mol. The molecule has 6 heteroatoms. The van der Waals surface area contributed by atoms with Gasteiger partial charge in [-0.1, -0.05) is 5.92 Å². The lowest BCUT2D eigenvalue weighted by Gasteiger charge is -2.07. The van der Waals surface area contributed by atoms with E-state index in [-0.39, 0.29) is 11.7 Å². The van der Waals surface area contributed by atoms with Crippen molar-refractivity contribution in [2.75, 3.05) is 5.32 Å². The van der Waals surface area contributed by atoms with Crippen molar-refractivity contribution in [1.29, 1.82) is 0 Å². The molecule has 0 aromatic carbocycles. The number of H-pyrrole nitrogens is 1. The first-order chi connectivity index (χ1) is 7.20. The van der Waals surface area contributed by atoms with Crippen LogP contribution in [-0.4, -0.2) is 25.6 Å². The summed E-state index contributed by atoms with van der Waals surface area (Å²) >= 11 is 0. The van der Waals surface area contributed by atoms with Gasteiger partial charge in [-0.3, -0.25) is 0 Å². The van der Waals surface area contributed by atoms with Crippen molar-refractivity contribution < 1.29 is 0 Å². The molecule has 1 atom stereocenters. The molecule has 0 spiro atoms. The van der Waals surface area contributed by atoms with Crippen LogP contribution in [0.25, 0.3) is 5.65 Å². The number of nitrogens with zero attached hydrogens (tertiary/aromatic N) is 3. The zero-order valence-electron chi connectivity index (χ0n) is 8.06. The quantitative estimate of drug-likeness (QED) is 0.666. The van der Waals surface area contributed by atoms with E-state index in [9.17, 15) is 4.79 Å². The average molecular weight is 203 g/mol. The van der Waals surface area contributed by atoms with Crippen molar-refractivity contribution in [3.63, 3.8) is 0 Å². The Kier molecular flexibility index (Phi) is 2.14. The molecule has 0 bridgehead atoms. The van der Waals surface area contributed by atoms with E-state index < -0.39 is 0 Å². The second kappa shape index (κ2) is 3.46. The van der Waals surface area contributed by atoms with Gasteiger partial charge in [0.1, 0.15) is 12.1 Å². The Balaban J connectivity index is 2.40. The fourth-order valence-corrected chi connectivity index (χ4v) is 1.15. The summed E-state index contributed by atoms with van der Waals surface area (Å²) in [5, 5.41) is 9.10. The molecule has 1 unspecified atom stereocenters. The summed E-state index contributed by atoms with van der Waals surface area (Å²) in [6, 6.07) is 1.52. The second-order valence-electron chi connectivity index (χ2n) is 3.06. The van der Waals surface area contributed by atoms with E-state index in [4.69, 9.17) is 6.42 Å². The van der Waals surface area contributed by atoms with E-state index in [0.29, 0.717) is 11.5 Å². The van der Waals surface area contributed by atoms with Crippen LogP contribution in [0.2, 0.25) is 0 Å². The van der Waals surface area contributed by atoms with Crippen molar-refractivity contribution in [3.8, 4) is 12.3 Å². The van der Waals surface area contributed by atoms with Gasteiger partial charge in [0.05, 0.1) is 6.04 Å². The minimum absolute atomic E-state index is 0.120. The van der Waals surface area contributed by atoms with Crippen molar-refractivity contribution in [2.45, 2.75) is 13.0 Å². The van der Waals surface area contributed by atoms with Crippen molar-refractivity contribution in [1.82, 2.24) is 19.6 Å². The van der Waals surface area contributed by atoms with Gasteiger partial charge in [0, 0.05) is 6.07 Å². The molecule has 2 N–H and O–H groups in total. The van der Waals surface area contributed by atoms with E-state index in [1.807, 2.05) is 6.92 Å². The number of rotatable bonds is 2. The van der Waals surface area contributed by atoms with Gasteiger partial charge in [0.15, 0.2) is 5.65 Å². The highest BCUT2D eigenvalue weighted by Crippen LogP contribution is 2.05. The number of hydrogen-bond acceptors (Lipinski definition) is 4. The molecule has 76 valence electrons. The summed E-state index contributed by atoms with van der Waals surface area (Å²) in [5.41, 5.74) is 0.191. The number of aromatic nitrogens is 4. The summed E-state index contributed by atoms with van der Waals surface area (Å²) in [5.74, 6) is 3.11. The fourth-order valence-electron chi connectivity index (χ4n) is 1.15. The van der Waals surface area contributed by atoms with E-state index >= 15 is 0 Å². The Morgan fingerprint density at radius 1 is 1.73 bits per heavy atom. The van der Waals surface area contributed by atoms with Crippen LogP contribution in [0.4, 0.5) is 5.82 Å². The zero-order valence-corrected chi connectivity index (χ0v) is 8.06. The highest BCUT2D eigenvalue weighted by molar-refractivity contribution is 5.49. The molecular formula is C9H9N5O. The average Bonchev–Trinajstić information content (AvgIpc) is 2.60. The number of terminal acetylenes is 1. The number of nitrogens with one attached hydrogen (secondary N) is 2. The first-order valence-electron chi connectivity index (χ1n) is 4.36. The standard InChI is InChI=1S/C9H9N5O/c1-3-6(2)11-7-4-8-12-13-9(15)14(8)5-10-7/h1,4-6,11H,2H3,(H,13,15). The Labute approximate surface area is 85.3 Å². The molecule has 0 fully saturated rings. The highest BCUT2D eigenvalue weighted by Gasteiger charge is 2.03. The molecule has 0 radical (unpaired) electrons. The van der Waals surface area contributed by atoms with Crippen molar-refractivity contribution in [3.05, 3.63) is 22.9 Å². The van der Waals surface area contributed by atoms with Gasteiger partial charge < -0.3 is 5.32 Å². The number of fused-ring (bicyclic) bond motifs is 1. The minimum Gasteiger partial charge on any atom is -0.357 e. The molecule has 0 saturated carbocycles. The third kappa shape index (κ3) is 1.67. The van der Waals surface area contributed by atoms with Crippen LogP contribution in [0.1, 0.15) is 6.92 Å². The summed E-state index contributed by atoms with van der Waals surface area (Å²) in [4.78, 5) is 15.1. The molecule has 2 heterocycles. The van der Waals surface area contributed by atoms with E-state index in [0.717, 1.165) is 0 Å². The molecule has 0 aliphatic rings. The molecule has 2 rings (SSSR count). The molecule has 2 aromatic rings. The zero-order chi connectivity index (χ0) is 10.8. The summed E-state index contributed by atoms with van der Waals surface area (Å²) in [7, 11) is 0. The van der Waals surface area contributed by atoms with Gasteiger partial charge in [0.25, 0.3) is 0 Å². The van der Waals surface area contributed by atoms with Crippen molar-refractivity contribution in [2.24, 2.45) is 0 Å². The van der Waals surface area contributed by atoms with Gasteiger partial charge in [-0.2, -0.15) is 5.10 Å². The van der Waals surface area contributed by atoms with Crippen LogP contribution >= 0.6 is 0 Å². The lowest BCUT2D eigenvalue weighted by molar-refractivity contribution is 0.973. The SMILES string of the molecule is C#CC(C)Nc1cc2n[nH]c(=O)n2cn1. The maximum Gasteiger partial charge on any atom is 0.348 e. The van der Waals surface area contributed by atoms with E-state index in [1.165, 1.54) is 10.7 Å². The van der Waals surface area contributed by atoms with Gasteiger partial charge in [-0.25, -0.2) is 19.3 Å². The first kappa shape index (κ1) is 9.27. The lowest BCUT2D eigenvalue weighted by atomic mass is 10.3. The largest absolute Gasteiger partial charge is 0.357 e. The number of anilines is 1. The third-order valence-corrected chi connectivity index (χ3v) is 1.92. The summed E-state index contributed by atoms with van der Waals surface area (Å²) in [6.45, 7) is 1.84. The number of aromatic amines is 1. The smallest absolute Gasteiger partial charge is 0.348 e. The molecule has 2 aromatic heterocycles. The Bertz CT molecular complexity index is 576.